The number of hydrogen-bond donors (Lipinski definition) is 3. The number of carbonyl (C=O) groups is 2. The molecule has 1 heterocycles. The van der Waals surface area contributed by atoms with Gasteiger partial charge in [0.15, 0.2) is 6.10 Å². The number of urea groups is 1. The number of carboxylic acids is 1. The number of carbonyl (C=O) groups excluding carboxylic acids is 1. The Morgan fingerprint density at radius 1 is 0.929 bits per heavy atom. The number of carboxylic acid groups (broad SMARTS) is 1. The van der Waals surface area contributed by atoms with Gasteiger partial charge in [0, 0.05) is 17.2 Å². The molecule has 0 bridgehead atoms. The molecule has 7 nitrogen and oxygen atoms in total. The zero-order valence-corrected chi connectivity index (χ0v) is 26.3. The average molecular weight is 573 g/mol. The summed E-state index contributed by atoms with van der Waals surface area (Å²) in [5.41, 5.74) is 8.72. The van der Waals surface area contributed by atoms with Gasteiger partial charge >= 0.3 is 12.0 Å². The standard InChI is InChI=1S/C35H44N2O5/c1-19(2)36-34(40)37-31-23(6)30(32(33(38)39)42-35(7,8)9)28(26-14-15-27-24(18-26)11-10-16-41-27)22(5)29(31)25-13-12-20(3)21(4)17-25/h12-15,17-19,32H,10-11,16H2,1-9H3,(H,38,39)(H2,36,37,40). The van der Waals surface area contributed by atoms with Crippen LogP contribution < -0.4 is 15.4 Å². The van der Waals surface area contributed by atoms with E-state index in [0.717, 1.165) is 63.1 Å². The molecule has 2 amide bonds. The number of hydrogen-bond acceptors (Lipinski definition) is 4. The molecule has 1 aliphatic rings. The van der Waals surface area contributed by atoms with E-state index in [4.69, 9.17) is 9.47 Å². The van der Waals surface area contributed by atoms with Crippen LogP contribution in [0.1, 0.15) is 80.5 Å². The maximum absolute atomic E-state index is 13.2. The van der Waals surface area contributed by atoms with E-state index < -0.39 is 17.7 Å². The highest BCUT2D eigenvalue weighted by Crippen LogP contribution is 2.47. The molecular weight excluding hydrogens is 528 g/mol. The smallest absolute Gasteiger partial charge is 0.337 e. The van der Waals surface area contributed by atoms with E-state index in [1.54, 1.807) is 0 Å². The molecule has 1 aliphatic heterocycles. The quantitative estimate of drug-likeness (QED) is 0.266. The Bertz CT molecular complexity index is 1520. The molecule has 3 aromatic rings. The fourth-order valence-corrected chi connectivity index (χ4v) is 5.65. The highest BCUT2D eigenvalue weighted by atomic mass is 16.5. The van der Waals surface area contributed by atoms with Crippen LogP contribution in [0.5, 0.6) is 5.75 Å². The average Bonchev–Trinajstić information content (AvgIpc) is 2.89. The van der Waals surface area contributed by atoms with Crippen LogP contribution in [-0.4, -0.2) is 35.4 Å². The summed E-state index contributed by atoms with van der Waals surface area (Å²) in [5.74, 6) is -0.230. The van der Waals surface area contributed by atoms with Crippen LogP contribution in [0.4, 0.5) is 10.5 Å². The number of anilines is 1. The highest BCUT2D eigenvalue weighted by molar-refractivity contribution is 6.01. The summed E-state index contributed by atoms with van der Waals surface area (Å²) in [7, 11) is 0. The van der Waals surface area contributed by atoms with Crippen molar-refractivity contribution in [3.05, 3.63) is 69.8 Å². The minimum Gasteiger partial charge on any atom is -0.493 e. The van der Waals surface area contributed by atoms with Crippen molar-refractivity contribution in [1.29, 1.82) is 0 Å². The first-order valence-electron chi connectivity index (χ1n) is 14.7. The van der Waals surface area contributed by atoms with Crippen molar-refractivity contribution < 1.29 is 24.2 Å². The molecule has 0 aliphatic carbocycles. The Balaban J connectivity index is 2.12. The molecule has 1 unspecified atom stereocenters. The molecule has 224 valence electrons. The van der Waals surface area contributed by atoms with Gasteiger partial charge in [-0.25, -0.2) is 9.59 Å². The fourth-order valence-electron chi connectivity index (χ4n) is 5.65. The lowest BCUT2D eigenvalue weighted by Gasteiger charge is -2.31. The van der Waals surface area contributed by atoms with Crippen molar-refractivity contribution in [1.82, 2.24) is 5.32 Å². The maximum Gasteiger partial charge on any atom is 0.337 e. The normalized spacial score (nSPS) is 13.8. The van der Waals surface area contributed by atoms with E-state index in [-0.39, 0.29) is 12.1 Å². The third kappa shape index (κ3) is 6.62. The second-order valence-electron chi connectivity index (χ2n) is 12.6. The molecule has 3 aromatic carbocycles. The van der Waals surface area contributed by atoms with Crippen LogP contribution >= 0.6 is 0 Å². The van der Waals surface area contributed by atoms with Crippen LogP contribution in [0, 0.1) is 27.7 Å². The fraction of sp³-hybridized carbons (Fsp3) is 0.429. The van der Waals surface area contributed by atoms with Crippen molar-refractivity contribution in [2.75, 3.05) is 11.9 Å². The van der Waals surface area contributed by atoms with Crippen molar-refractivity contribution in [2.45, 2.75) is 92.9 Å². The van der Waals surface area contributed by atoms with Crippen LogP contribution in [0.25, 0.3) is 22.3 Å². The first-order valence-corrected chi connectivity index (χ1v) is 14.7. The van der Waals surface area contributed by atoms with E-state index in [2.05, 4.69) is 48.7 Å². The third-order valence-electron chi connectivity index (χ3n) is 7.66. The molecule has 0 saturated carbocycles. The van der Waals surface area contributed by atoms with E-state index in [9.17, 15) is 14.7 Å². The summed E-state index contributed by atoms with van der Waals surface area (Å²) in [6.45, 7) is 18.0. The van der Waals surface area contributed by atoms with Gasteiger partial charge in [-0.05, 0) is 132 Å². The Kier molecular flexibility index (Phi) is 9.02. The largest absolute Gasteiger partial charge is 0.493 e. The van der Waals surface area contributed by atoms with Crippen molar-refractivity contribution in [3.8, 4) is 28.0 Å². The summed E-state index contributed by atoms with van der Waals surface area (Å²) in [4.78, 5) is 26.1. The molecule has 7 heteroatoms. The Morgan fingerprint density at radius 3 is 2.21 bits per heavy atom. The lowest BCUT2D eigenvalue weighted by molar-refractivity contribution is -0.160. The lowest BCUT2D eigenvalue weighted by atomic mass is 9.81. The summed E-state index contributed by atoms with van der Waals surface area (Å²) < 4.78 is 12.1. The molecule has 0 fully saturated rings. The van der Waals surface area contributed by atoms with E-state index >= 15 is 0 Å². The van der Waals surface area contributed by atoms with Crippen molar-refractivity contribution in [2.24, 2.45) is 0 Å². The molecule has 0 saturated heterocycles. The molecule has 0 radical (unpaired) electrons. The molecule has 1 atom stereocenters. The minimum atomic E-state index is -1.27. The van der Waals surface area contributed by atoms with Gasteiger partial charge in [0.25, 0.3) is 0 Å². The Morgan fingerprint density at radius 2 is 1.60 bits per heavy atom. The Labute approximate surface area is 249 Å². The second kappa shape index (κ2) is 12.2. The summed E-state index contributed by atoms with van der Waals surface area (Å²) in [5, 5.41) is 16.6. The predicted molar refractivity (Wildman–Crippen MR) is 169 cm³/mol. The first-order chi connectivity index (χ1) is 19.7. The number of amides is 2. The molecule has 0 aromatic heterocycles. The Hall–Kier alpha value is -3.84. The van der Waals surface area contributed by atoms with E-state index in [1.165, 1.54) is 0 Å². The maximum atomic E-state index is 13.2. The number of nitrogens with one attached hydrogen (secondary N) is 2. The molecule has 0 spiro atoms. The summed E-state index contributed by atoms with van der Waals surface area (Å²) in [6, 6.07) is 11.9. The molecule has 4 rings (SSSR count). The SMILES string of the molecule is Cc1ccc(-c2c(C)c(-c3ccc4c(c3)CCCO4)c(C(OC(C)(C)C)C(=O)O)c(C)c2NC(=O)NC(C)C)cc1C. The zero-order valence-electron chi connectivity index (χ0n) is 26.3. The van der Waals surface area contributed by atoms with Gasteiger partial charge in [0.05, 0.1) is 17.9 Å². The van der Waals surface area contributed by atoms with Crippen molar-refractivity contribution >= 4 is 17.7 Å². The number of benzene rings is 3. The van der Waals surface area contributed by atoms with Gasteiger partial charge in [0.2, 0.25) is 0 Å². The molecule has 42 heavy (non-hydrogen) atoms. The van der Waals surface area contributed by atoms with Gasteiger partial charge in [-0.3, -0.25) is 0 Å². The van der Waals surface area contributed by atoms with Gasteiger partial charge in [-0.1, -0.05) is 24.3 Å². The molecule has 3 N–H and O–H groups in total. The molecular formula is C35H44N2O5. The summed E-state index contributed by atoms with van der Waals surface area (Å²) in [6.07, 6.45) is 0.540. The zero-order chi connectivity index (χ0) is 30.9. The van der Waals surface area contributed by atoms with Gasteiger partial charge in [0.1, 0.15) is 5.75 Å². The van der Waals surface area contributed by atoms with E-state index in [0.29, 0.717) is 23.4 Å². The lowest BCUT2D eigenvalue weighted by Crippen LogP contribution is -2.35. The first kappa shape index (κ1) is 31.1. The number of ether oxygens (including phenoxy) is 2. The van der Waals surface area contributed by atoms with Crippen LogP contribution in [0.2, 0.25) is 0 Å². The summed E-state index contributed by atoms with van der Waals surface area (Å²) >= 11 is 0. The highest BCUT2D eigenvalue weighted by Gasteiger charge is 2.34. The number of aryl methyl sites for hydroxylation is 3. The third-order valence-corrected chi connectivity index (χ3v) is 7.66. The predicted octanol–water partition coefficient (Wildman–Crippen LogP) is 8.05. The van der Waals surface area contributed by atoms with E-state index in [1.807, 2.05) is 60.6 Å². The number of rotatable bonds is 7. The monoisotopic (exact) mass is 572 g/mol. The van der Waals surface area contributed by atoms with Crippen LogP contribution in [-0.2, 0) is 16.0 Å². The second-order valence-corrected chi connectivity index (χ2v) is 12.6. The topological polar surface area (TPSA) is 96.9 Å². The van der Waals surface area contributed by atoms with Gasteiger partial charge in [-0.2, -0.15) is 0 Å². The van der Waals surface area contributed by atoms with Crippen molar-refractivity contribution in [3.63, 3.8) is 0 Å². The van der Waals surface area contributed by atoms with Crippen LogP contribution in [0.3, 0.4) is 0 Å². The van der Waals surface area contributed by atoms with Gasteiger partial charge < -0.3 is 25.2 Å². The minimum absolute atomic E-state index is 0.0797. The number of aliphatic carboxylic acids is 1. The number of fused-ring (bicyclic) bond motifs is 1. The van der Waals surface area contributed by atoms with Gasteiger partial charge in [-0.15, -0.1) is 0 Å². The van der Waals surface area contributed by atoms with Crippen LogP contribution in [0.15, 0.2) is 36.4 Å².